The minimum absolute atomic E-state index is 0.105. The van der Waals surface area contributed by atoms with Gasteiger partial charge in [0.15, 0.2) is 0 Å². The van der Waals surface area contributed by atoms with Crippen LogP contribution in [0.4, 0.5) is 0 Å². The molecule has 5 heteroatoms. The lowest BCUT2D eigenvalue weighted by Crippen LogP contribution is -2.28. The van der Waals surface area contributed by atoms with Crippen molar-refractivity contribution in [1.82, 2.24) is 0 Å². The van der Waals surface area contributed by atoms with Gasteiger partial charge in [0.2, 0.25) is 9.05 Å². The molecule has 114 valence electrons. The summed E-state index contributed by atoms with van der Waals surface area (Å²) in [6, 6.07) is 7.95. The molecule has 0 heterocycles. The second kappa shape index (κ2) is 6.81. The highest BCUT2D eigenvalue weighted by Gasteiger charge is 2.25. The number of hydrogen-bond donors (Lipinski definition) is 0. The van der Waals surface area contributed by atoms with Crippen LogP contribution in [0.3, 0.4) is 0 Å². The highest BCUT2D eigenvalue weighted by molar-refractivity contribution is 8.13. The van der Waals surface area contributed by atoms with Crippen LogP contribution in [0.15, 0.2) is 24.3 Å². The van der Waals surface area contributed by atoms with Crippen molar-refractivity contribution in [3.05, 3.63) is 29.8 Å². The molecule has 1 atom stereocenters. The standard InChI is InChI=1S/C15H23ClO3S/c1-5-12(2)13-6-8-14(9-7-13)19-10-15(3,4)11-20(16,17)18/h6-9,12H,5,10-11H2,1-4H3. The molecule has 0 amide bonds. The zero-order chi connectivity index (χ0) is 15.4. The summed E-state index contributed by atoms with van der Waals surface area (Å²) in [6.07, 6.45) is 1.10. The summed E-state index contributed by atoms with van der Waals surface area (Å²) in [7, 11) is 1.77. The summed E-state index contributed by atoms with van der Waals surface area (Å²) in [5, 5.41) is 0. The van der Waals surface area contributed by atoms with Gasteiger partial charge in [-0.1, -0.05) is 39.8 Å². The second-order valence-corrected chi connectivity index (χ2v) is 8.79. The normalized spacial score (nSPS) is 14.1. The Morgan fingerprint density at radius 3 is 2.25 bits per heavy atom. The minimum Gasteiger partial charge on any atom is -0.493 e. The zero-order valence-corrected chi connectivity index (χ0v) is 14.1. The molecule has 0 aliphatic rings. The molecular formula is C15H23ClO3S. The van der Waals surface area contributed by atoms with Gasteiger partial charge >= 0.3 is 0 Å². The second-order valence-electron chi connectivity index (χ2n) is 6.01. The van der Waals surface area contributed by atoms with Crippen LogP contribution in [-0.4, -0.2) is 20.8 Å². The fourth-order valence-electron chi connectivity index (χ4n) is 1.92. The van der Waals surface area contributed by atoms with Crippen molar-refractivity contribution >= 4 is 19.7 Å². The molecule has 0 bridgehead atoms. The summed E-state index contributed by atoms with van der Waals surface area (Å²) >= 11 is 0. The molecule has 1 aromatic rings. The van der Waals surface area contributed by atoms with E-state index in [0.29, 0.717) is 12.5 Å². The highest BCUT2D eigenvalue weighted by atomic mass is 35.7. The minimum atomic E-state index is -3.52. The van der Waals surface area contributed by atoms with Crippen molar-refractivity contribution < 1.29 is 13.2 Å². The number of halogens is 1. The van der Waals surface area contributed by atoms with Gasteiger partial charge in [0.25, 0.3) is 0 Å². The van der Waals surface area contributed by atoms with Gasteiger partial charge in [0.1, 0.15) is 5.75 Å². The van der Waals surface area contributed by atoms with Crippen molar-refractivity contribution in [2.75, 3.05) is 12.4 Å². The maximum Gasteiger partial charge on any atom is 0.233 e. The molecule has 20 heavy (non-hydrogen) atoms. The van der Waals surface area contributed by atoms with E-state index < -0.39 is 14.5 Å². The SMILES string of the molecule is CCC(C)c1ccc(OCC(C)(C)CS(=O)(=O)Cl)cc1. The van der Waals surface area contributed by atoms with Crippen LogP contribution in [0.5, 0.6) is 5.75 Å². The number of rotatable bonds is 7. The quantitative estimate of drug-likeness (QED) is 0.708. The average molecular weight is 319 g/mol. The number of benzene rings is 1. The smallest absolute Gasteiger partial charge is 0.233 e. The Morgan fingerprint density at radius 2 is 1.80 bits per heavy atom. The summed E-state index contributed by atoms with van der Waals surface area (Å²) in [5.41, 5.74) is 0.762. The van der Waals surface area contributed by atoms with Crippen molar-refractivity contribution in [2.24, 2.45) is 5.41 Å². The molecule has 0 spiro atoms. The van der Waals surface area contributed by atoms with Crippen LogP contribution < -0.4 is 4.74 Å². The lowest BCUT2D eigenvalue weighted by Gasteiger charge is -2.23. The Kier molecular flexibility index (Phi) is 5.90. The van der Waals surface area contributed by atoms with Crippen molar-refractivity contribution in [3.63, 3.8) is 0 Å². The first kappa shape index (κ1) is 17.3. The molecular weight excluding hydrogens is 296 g/mol. The monoisotopic (exact) mass is 318 g/mol. The molecule has 0 aliphatic carbocycles. The molecule has 0 radical (unpaired) electrons. The fraction of sp³-hybridized carbons (Fsp3) is 0.600. The van der Waals surface area contributed by atoms with E-state index in [9.17, 15) is 8.42 Å². The molecule has 0 N–H and O–H groups in total. The molecule has 1 unspecified atom stereocenters. The van der Waals surface area contributed by atoms with Crippen LogP contribution >= 0.6 is 10.7 Å². The largest absolute Gasteiger partial charge is 0.493 e. The Morgan fingerprint density at radius 1 is 1.25 bits per heavy atom. The van der Waals surface area contributed by atoms with E-state index >= 15 is 0 Å². The molecule has 0 aromatic heterocycles. The molecule has 1 rings (SSSR count). The molecule has 0 fully saturated rings. The van der Waals surface area contributed by atoms with E-state index in [4.69, 9.17) is 15.4 Å². The van der Waals surface area contributed by atoms with Gasteiger partial charge in [-0.15, -0.1) is 0 Å². The Balaban J connectivity index is 2.62. The number of ether oxygens (including phenoxy) is 1. The van der Waals surface area contributed by atoms with Crippen molar-refractivity contribution in [2.45, 2.75) is 40.0 Å². The van der Waals surface area contributed by atoms with Gasteiger partial charge < -0.3 is 4.74 Å². The predicted molar refractivity (Wildman–Crippen MR) is 84.1 cm³/mol. The third-order valence-corrected chi connectivity index (χ3v) is 4.71. The van der Waals surface area contributed by atoms with Crippen LogP contribution in [0.1, 0.15) is 45.6 Å². The van der Waals surface area contributed by atoms with Crippen LogP contribution in [-0.2, 0) is 9.05 Å². The Hall–Kier alpha value is -0.740. The predicted octanol–water partition coefficient (Wildman–Crippen LogP) is 4.17. The molecule has 1 aromatic carbocycles. The maximum absolute atomic E-state index is 11.1. The molecule has 0 saturated heterocycles. The van der Waals surface area contributed by atoms with Gasteiger partial charge in [0.05, 0.1) is 12.4 Å². The molecule has 3 nitrogen and oxygen atoms in total. The summed E-state index contributed by atoms with van der Waals surface area (Å²) in [5.74, 6) is 1.17. The van der Waals surface area contributed by atoms with Crippen LogP contribution in [0.2, 0.25) is 0 Å². The fourth-order valence-corrected chi connectivity index (χ4v) is 3.82. The van der Waals surface area contributed by atoms with Crippen molar-refractivity contribution in [3.8, 4) is 5.75 Å². The lowest BCUT2D eigenvalue weighted by atomic mass is 9.98. The first-order valence-electron chi connectivity index (χ1n) is 6.78. The Bertz CT molecular complexity index is 521. The van der Waals surface area contributed by atoms with E-state index in [1.165, 1.54) is 5.56 Å². The van der Waals surface area contributed by atoms with Crippen molar-refractivity contribution in [1.29, 1.82) is 0 Å². The summed E-state index contributed by atoms with van der Waals surface area (Å²) < 4.78 is 27.9. The third kappa shape index (κ3) is 6.14. The maximum atomic E-state index is 11.1. The summed E-state index contributed by atoms with van der Waals surface area (Å²) in [4.78, 5) is 0. The van der Waals surface area contributed by atoms with Gasteiger partial charge in [-0.3, -0.25) is 0 Å². The molecule has 0 saturated carbocycles. The lowest BCUT2D eigenvalue weighted by molar-refractivity contribution is 0.200. The Labute approximate surface area is 126 Å². The zero-order valence-electron chi connectivity index (χ0n) is 12.5. The average Bonchev–Trinajstić information content (AvgIpc) is 2.33. The highest BCUT2D eigenvalue weighted by Crippen LogP contribution is 2.24. The number of hydrogen-bond acceptors (Lipinski definition) is 3. The van der Waals surface area contributed by atoms with E-state index in [1.54, 1.807) is 0 Å². The third-order valence-electron chi connectivity index (χ3n) is 3.25. The van der Waals surface area contributed by atoms with Crippen LogP contribution in [0.25, 0.3) is 0 Å². The summed E-state index contributed by atoms with van der Waals surface area (Å²) in [6.45, 7) is 8.29. The first-order valence-corrected chi connectivity index (χ1v) is 9.26. The van der Waals surface area contributed by atoms with Gasteiger partial charge in [-0.05, 0) is 30.0 Å². The van der Waals surface area contributed by atoms with E-state index in [0.717, 1.165) is 12.2 Å². The molecule has 0 aliphatic heterocycles. The van der Waals surface area contributed by atoms with E-state index in [-0.39, 0.29) is 5.75 Å². The van der Waals surface area contributed by atoms with Gasteiger partial charge in [-0.2, -0.15) is 0 Å². The van der Waals surface area contributed by atoms with Gasteiger partial charge in [0, 0.05) is 16.1 Å². The van der Waals surface area contributed by atoms with E-state index in [1.807, 2.05) is 26.0 Å². The van der Waals surface area contributed by atoms with E-state index in [2.05, 4.69) is 26.0 Å². The first-order chi connectivity index (χ1) is 9.13. The van der Waals surface area contributed by atoms with Gasteiger partial charge in [-0.25, -0.2) is 8.42 Å². The topological polar surface area (TPSA) is 43.4 Å². The van der Waals surface area contributed by atoms with Crippen LogP contribution in [0, 0.1) is 5.41 Å².